The summed E-state index contributed by atoms with van der Waals surface area (Å²) in [6.45, 7) is 11.8. The van der Waals surface area contributed by atoms with E-state index in [0.717, 1.165) is 5.59 Å². The van der Waals surface area contributed by atoms with E-state index in [4.69, 9.17) is 14.0 Å². The lowest BCUT2D eigenvalue weighted by Gasteiger charge is -2.32. The monoisotopic (exact) mass is 261 g/mol. The number of pyridine rings is 1. The van der Waals surface area contributed by atoms with Crippen molar-refractivity contribution in [2.24, 2.45) is 0 Å². The molecular formula is C14H20BNO3. The number of nitrogens with zero attached hydrogens (tertiary/aromatic N) is 1. The van der Waals surface area contributed by atoms with Crippen molar-refractivity contribution in [2.45, 2.75) is 38.9 Å². The molecule has 1 aromatic heterocycles. The van der Waals surface area contributed by atoms with Crippen LogP contribution in [-0.4, -0.2) is 30.4 Å². The van der Waals surface area contributed by atoms with Gasteiger partial charge in [0, 0.05) is 0 Å². The molecule has 0 atom stereocenters. The summed E-state index contributed by atoms with van der Waals surface area (Å²) < 4.78 is 17.1. The van der Waals surface area contributed by atoms with Crippen LogP contribution in [0.1, 0.15) is 33.4 Å². The highest BCUT2D eigenvalue weighted by Crippen LogP contribution is 2.36. The zero-order valence-electron chi connectivity index (χ0n) is 12.2. The third kappa shape index (κ3) is 2.40. The van der Waals surface area contributed by atoms with Crippen LogP contribution in [-0.2, 0) is 9.31 Å². The predicted molar refractivity (Wildman–Crippen MR) is 76.6 cm³/mol. The largest absolute Gasteiger partial charge is 0.514 e. The zero-order chi connectivity index (χ0) is 14.3. The minimum Gasteiger partial charge on any atom is -0.494 e. The lowest BCUT2D eigenvalue weighted by atomic mass is 9.84. The standard InChI is InChI=1S/C14H20BNO3/c1-7-10-11(17-6)8-9-12(16-10)15-18-13(2,3)14(4,5)19-15/h7-9H,1H2,2-6H3. The Morgan fingerprint density at radius 3 is 2.26 bits per heavy atom. The molecule has 0 saturated carbocycles. The molecule has 1 aliphatic rings. The SMILES string of the molecule is C=Cc1nc(B2OC(C)(C)C(C)(C)O2)ccc1OC. The smallest absolute Gasteiger partial charge is 0.494 e. The quantitative estimate of drug-likeness (QED) is 0.780. The Balaban J connectivity index is 2.32. The summed E-state index contributed by atoms with van der Waals surface area (Å²) >= 11 is 0. The fraction of sp³-hybridized carbons (Fsp3) is 0.500. The molecule has 0 N–H and O–H groups in total. The van der Waals surface area contributed by atoms with Crippen LogP contribution in [0.15, 0.2) is 18.7 Å². The van der Waals surface area contributed by atoms with Crippen molar-refractivity contribution in [3.63, 3.8) is 0 Å². The number of aromatic nitrogens is 1. The molecule has 0 aromatic carbocycles. The van der Waals surface area contributed by atoms with E-state index in [1.54, 1.807) is 13.2 Å². The Labute approximate surface area is 114 Å². The van der Waals surface area contributed by atoms with E-state index >= 15 is 0 Å². The van der Waals surface area contributed by atoms with Gasteiger partial charge >= 0.3 is 7.12 Å². The molecule has 0 amide bonds. The second-order valence-electron chi connectivity index (χ2n) is 5.62. The molecular weight excluding hydrogens is 241 g/mol. The Morgan fingerprint density at radius 1 is 1.21 bits per heavy atom. The molecule has 1 saturated heterocycles. The van der Waals surface area contributed by atoms with Gasteiger partial charge in [-0.3, -0.25) is 4.98 Å². The molecule has 19 heavy (non-hydrogen) atoms. The first kappa shape index (κ1) is 14.1. The normalized spacial score (nSPS) is 20.4. The summed E-state index contributed by atoms with van der Waals surface area (Å²) in [5.41, 5.74) is 0.686. The second kappa shape index (κ2) is 4.65. The van der Waals surface area contributed by atoms with E-state index in [9.17, 15) is 0 Å². The molecule has 0 aliphatic carbocycles. The number of ether oxygens (including phenoxy) is 1. The van der Waals surface area contributed by atoms with Gasteiger partial charge < -0.3 is 14.0 Å². The Morgan fingerprint density at radius 2 is 1.79 bits per heavy atom. The summed E-state index contributed by atoms with van der Waals surface area (Å²) in [5, 5.41) is 0. The lowest BCUT2D eigenvalue weighted by Crippen LogP contribution is -2.41. The average Bonchev–Trinajstić information content (AvgIpc) is 2.57. The summed E-state index contributed by atoms with van der Waals surface area (Å²) in [6.07, 6.45) is 1.66. The molecule has 1 fully saturated rings. The van der Waals surface area contributed by atoms with Crippen LogP contribution in [0.5, 0.6) is 5.75 Å². The fourth-order valence-corrected chi connectivity index (χ4v) is 1.89. The van der Waals surface area contributed by atoms with Gasteiger partial charge in [0.25, 0.3) is 0 Å². The van der Waals surface area contributed by atoms with Crippen LogP contribution in [0.3, 0.4) is 0 Å². The van der Waals surface area contributed by atoms with E-state index in [1.807, 2.05) is 39.8 Å². The van der Waals surface area contributed by atoms with E-state index in [0.29, 0.717) is 11.4 Å². The minimum absolute atomic E-state index is 0.367. The van der Waals surface area contributed by atoms with Crippen molar-refractivity contribution in [3.05, 3.63) is 24.4 Å². The zero-order valence-corrected chi connectivity index (χ0v) is 12.2. The van der Waals surface area contributed by atoms with Gasteiger partial charge in [0.2, 0.25) is 0 Å². The first-order valence-electron chi connectivity index (χ1n) is 6.34. The maximum atomic E-state index is 5.96. The first-order valence-corrected chi connectivity index (χ1v) is 6.34. The Kier molecular flexibility index (Phi) is 3.45. The summed E-state index contributed by atoms with van der Waals surface area (Å²) in [4.78, 5) is 4.48. The highest BCUT2D eigenvalue weighted by Gasteiger charge is 2.52. The molecule has 5 heteroatoms. The van der Waals surface area contributed by atoms with Crippen molar-refractivity contribution in [3.8, 4) is 5.75 Å². The van der Waals surface area contributed by atoms with Gasteiger partial charge in [-0.25, -0.2) is 0 Å². The fourth-order valence-electron chi connectivity index (χ4n) is 1.89. The highest BCUT2D eigenvalue weighted by molar-refractivity contribution is 6.61. The van der Waals surface area contributed by atoms with Crippen LogP contribution in [0.25, 0.3) is 6.08 Å². The number of hydrogen-bond acceptors (Lipinski definition) is 4. The topological polar surface area (TPSA) is 40.6 Å². The predicted octanol–water partition coefficient (Wildman–Crippen LogP) is 2.03. The maximum absolute atomic E-state index is 5.96. The lowest BCUT2D eigenvalue weighted by molar-refractivity contribution is 0.00578. The van der Waals surface area contributed by atoms with Crippen molar-refractivity contribution in [2.75, 3.05) is 7.11 Å². The van der Waals surface area contributed by atoms with Gasteiger partial charge in [0.15, 0.2) is 0 Å². The van der Waals surface area contributed by atoms with Gasteiger partial charge in [-0.2, -0.15) is 0 Å². The van der Waals surface area contributed by atoms with Crippen LogP contribution >= 0.6 is 0 Å². The Bertz CT molecular complexity index is 483. The number of hydrogen-bond donors (Lipinski definition) is 0. The van der Waals surface area contributed by atoms with Gasteiger partial charge in [-0.1, -0.05) is 6.58 Å². The molecule has 1 aromatic rings. The van der Waals surface area contributed by atoms with Crippen LogP contribution < -0.4 is 10.3 Å². The molecule has 4 nitrogen and oxygen atoms in total. The van der Waals surface area contributed by atoms with Gasteiger partial charge in [0.1, 0.15) is 11.4 Å². The third-order valence-electron chi connectivity index (χ3n) is 3.82. The summed E-state index contributed by atoms with van der Waals surface area (Å²) in [6, 6.07) is 3.71. The summed E-state index contributed by atoms with van der Waals surface area (Å²) in [7, 11) is 1.15. The van der Waals surface area contributed by atoms with Crippen molar-refractivity contribution < 1.29 is 14.0 Å². The van der Waals surface area contributed by atoms with E-state index < -0.39 is 7.12 Å². The third-order valence-corrected chi connectivity index (χ3v) is 3.82. The molecule has 0 bridgehead atoms. The molecule has 0 spiro atoms. The Hall–Kier alpha value is -1.33. The molecule has 0 radical (unpaired) electrons. The molecule has 102 valence electrons. The highest BCUT2D eigenvalue weighted by atomic mass is 16.7. The van der Waals surface area contributed by atoms with Crippen LogP contribution in [0.4, 0.5) is 0 Å². The van der Waals surface area contributed by atoms with Gasteiger partial charge in [-0.05, 0) is 45.9 Å². The van der Waals surface area contributed by atoms with E-state index in [2.05, 4.69) is 11.6 Å². The molecule has 2 rings (SSSR count). The van der Waals surface area contributed by atoms with E-state index in [-0.39, 0.29) is 11.2 Å². The number of methoxy groups -OCH3 is 1. The van der Waals surface area contributed by atoms with Gasteiger partial charge in [-0.15, -0.1) is 0 Å². The average molecular weight is 261 g/mol. The van der Waals surface area contributed by atoms with Crippen molar-refractivity contribution in [1.29, 1.82) is 0 Å². The molecule has 0 unspecified atom stereocenters. The minimum atomic E-state index is -0.463. The molecule has 2 heterocycles. The van der Waals surface area contributed by atoms with Crippen molar-refractivity contribution >= 4 is 18.8 Å². The summed E-state index contributed by atoms with van der Waals surface area (Å²) in [5.74, 6) is 0.690. The molecule has 1 aliphatic heterocycles. The van der Waals surface area contributed by atoms with Crippen LogP contribution in [0, 0.1) is 0 Å². The van der Waals surface area contributed by atoms with Crippen molar-refractivity contribution in [1.82, 2.24) is 4.98 Å². The van der Waals surface area contributed by atoms with E-state index in [1.165, 1.54) is 0 Å². The van der Waals surface area contributed by atoms with Gasteiger partial charge in [0.05, 0.1) is 23.9 Å². The first-order chi connectivity index (χ1) is 8.80. The number of rotatable bonds is 3. The maximum Gasteiger partial charge on any atom is 0.514 e. The van der Waals surface area contributed by atoms with Crippen LogP contribution in [0.2, 0.25) is 0 Å². The second-order valence-corrected chi connectivity index (χ2v) is 5.62.